The van der Waals surface area contributed by atoms with E-state index in [1.807, 2.05) is 0 Å². The largest absolute Gasteiger partial charge is 0.359 e. The molecule has 21 heavy (non-hydrogen) atoms. The number of rotatable bonds is 4. The van der Waals surface area contributed by atoms with Crippen molar-refractivity contribution in [2.45, 2.75) is 6.42 Å². The summed E-state index contributed by atoms with van der Waals surface area (Å²) in [4.78, 5) is 25.9. The van der Waals surface area contributed by atoms with Gasteiger partial charge in [-0.3, -0.25) is 9.59 Å². The number of halogens is 2. The van der Waals surface area contributed by atoms with Crippen LogP contribution in [-0.2, 0) is 11.2 Å². The van der Waals surface area contributed by atoms with Crippen LogP contribution in [0.15, 0.2) is 30.3 Å². The Balaban J connectivity index is 2.03. The first kappa shape index (κ1) is 15.4. The quantitative estimate of drug-likeness (QED) is 0.808. The van der Waals surface area contributed by atoms with E-state index in [2.05, 4.69) is 15.6 Å². The van der Waals surface area contributed by atoms with Crippen LogP contribution in [0, 0.1) is 0 Å². The van der Waals surface area contributed by atoms with Crippen molar-refractivity contribution in [2.24, 2.45) is 0 Å². The highest BCUT2D eigenvalue weighted by molar-refractivity contribution is 6.41. The lowest BCUT2D eigenvalue weighted by atomic mass is 10.1. The van der Waals surface area contributed by atoms with Gasteiger partial charge in [0.15, 0.2) is 0 Å². The number of benzene rings is 1. The van der Waals surface area contributed by atoms with Gasteiger partial charge >= 0.3 is 0 Å². The van der Waals surface area contributed by atoms with Gasteiger partial charge in [-0.25, -0.2) is 0 Å². The summed E-state index contributed by atoms with van der Waals surface area (Å²) < 4.78 is 0. The Bertz CT molecular complexity index is 646. The Morgan fingerprint density at radius 3 is 2.38 bits per heavy atom. The summed E-state index contributed by atoms with van der Waals surface area (Å²) in [7, 11) is 1.59. The van der Waals surface area contributed by atoms with Crippen molar-refractivity contribution in [1.82, 2.24) is 10.3 Å². The standard InChI is InChI=1S/C14H13Cl2N3O2/c1-17-12(20)6-8-2-4-9(5-3-8)18-14(21)11-7-10(15)13(16)19-11/h2-5,7,19H,6H2,1H3,(H,17,20)(H,18,21). The number of anilines is 1. The van der Waals surface area contributed by atoms with Crippen LogP contribution in [0.1, 0.15) is 16.1 Å². The summed E-state index contributed by atoms with van der Waals surface area (Å²) in [5, 5.41) is 5.78. The maximum absolute atomic E-state index is 12.0. The Kier molecular flexibility index (Phi) is 4.88. The molecule has 3 N–H and O–H groups in total. The fourth-order valence-electron chi connectivity index (χ4n) is 1.70. The summed E-state index contributed by atoms with van der Waals surface area (Å²) >= 11 is 11.5. The molecule has 110 valence electrons. The minimum absolute atomic E-state index is 0.0672. The van der Waals surface area contributed by atoms with Gasteiger partial charge in [0.25, 0.3) is 5.91 Å². The lowest BCUT2D eigenvalue weighted by Gasteiger charge is -2.05. The zero-order chi connectivity index (χ0) is 15.4. The molecule has 0 aliphatic rings. The first-order valence-electron chi connectivity index (χ1n) is 6.14. The van der Waals surface area contributed by atoms with Gasteiger partial charge in [0.1, 0.15) is 10.8 Å². The highest BCUT2D eigenvalue weighted by Gasteiger charge is 2.11. The van der Waals surface area contributed by atoms with Crippen molar-refractivity contribution in [3.05, 3.63) is 51.8 Å². The third kappa shape index (κ3) is 4.00. The maximum atomic E-state index is 12.0. The van der Waals surface area contributed by atoms with E-state index in [9.17, 15) is 9.59 Å². The van der Waals surface area contributed by atoms with E-state index in [1.165, 1.54) is 6.07 Å². The van der Waals surface area contributed by atoms with E-state index >= 15 is 0 Å². The van der Waals surface area contributed by atoms with Gasteiger partial charge in [0.05, 0.1) is 11.4 Å². The number of aromatic nitrogens is 1. The first-order valence-corrected chi connectivity index (χ1v) is 6.90. The highest BCUT2D eigenvalue weighted by atomic mass is 35.5. The number of H-pyrrole nitrogens is 1. The number of hydrogen-bond acceptors (Lipinski definition) is 2. The lowest BCUT2D eigenvalue weighted by molar-refractivity contribution is -0.119. The molecule has 0 aliphatic heterocycles. The third-order valence-corrected chi connectivity index (χ3v) is 3.52. The Morgan fingerprint density at radius 2 is 1.86 bits per heavy atom. The van der Waals surface area contributed by atoms with E-state index in [0.29, 0.717) is 17.1 Å². The summed E-state index contributed by atoms with van der Waals surface area (Å²) in [6, 6.07) is 8.46. The van der Waals surface area contributed by atoms with Crippen LogP contribution in [0.4, 0.5) is 5.69 Å². The Morgan fingerprint density at radius 1 is 1.19 bits per heavy atom. The molecule has 2 amide bonds. The monoisotopic (exact) mass is 325 g/mol. The number of hydrogen-bond donors (Lipinski definition) is 3. The van der Waals surface area contributed by atoms with E-state index < -0.39 is 0 Å². The number of carbonyl (C=O) groups excluding carboxylic acids is 2. The van der Waals surface area contributed by atoms with Crippen LogP contribution in [0.25, 0.3) is 0 Å². The predicted molar refractivity (Wildman–Crippen MR) is 83.0 cm³/mol. The Labute approximate surface area is 131 Å². The van der Waals surface area contributed by atoms with Gasteiger partial charge in [-0.2, -0.15) is 0 Å². The van der Waals surface area contributed by atoms with E-state index in [4.69, 9.17) is 23.2 Å². The summed E-state index contributed by atoms with van der Waals surface area (Å²) in [6.45, 7) is 0. The van der Waals surface area contributed by atoms with Crippen molar-refractivity contribution < 1.29 is 9.59 Å². The van der Waals surface area contributed by atoms with Crippen LogP contribution in [0.5, 0.6) is 0 Å². The molecule has 0 atom stereocenters. The SMILES string of the molecule is CNC(=O)Cc1ccc(NC(=O)c2cc(Cl)c(Cl)[nH]2)cc1. The first-order chi connectivity index (χ1) is 9.99. The fourth-order valence-corrected chi connectivity index (χ4v) is 2.02. The fraction of sp³-hybridized carbons (Fsp3) is 0.143. The van der Waals surface area contributed by atoms with E-state index in [1.54, 1.807) is 31.3 Å². The zero-order valence-corrected chi connectivity index (χ0v) is 12.7. The van der Waals surface area contributed by atoms with Crippen LogP contribution in [0.2, 0.25) is 10.2 Å². The van der Waals surface area contributed by atoms with Crippen molar-refractivity contribution in [1.29, 1.82) is 0 Å². The van der Waals surface area contributed by atoms with Crippen molar-refractivity contribution in [3.63, 3.8) is 0 Å². The summed E-state index contributed by atoms with van der Waals surface area (Å²) in [5.41, 5.74) is 1.75. The number of aromatic amines is 1. The highest BCUT2D eigenvalue weighted by Crippen LogP contribution is 2.22. The van der Waals surface area contributed by atoms with Gasteiger partial charge in [-0.1, -0.05) is 35.3 Å². The molecule has 1 heterocycles. The third-order valence-electron chi connectivity index (χ3n) is 2.83. The van der Waals surface area contributed by atoms with Crippen LogP contribution < -0.4 is 10.6 Å². The number of carbonyl (C=O) groups is 2. The molecule has 0 saturated carbocycles. The molecule has 2 rings (SSSR count). The minimum Gasteiger partial charge on any atom is -0.359 e. The van der Waals surface area contributed by atoms with Crippen molar-refractivity contribution in [2.75, 3.05) is 12.4 Å². The molecule has 7 heteroatoms. The predicted octanol–water partition coefficient (Wildman–Crippen LogP) is 2.86. The molecule has 2 aromatic rings. The average Bonchev–Trinajstić information content (AvgIpc) is 2.81. The molecule has 5 nitrogen and oxygen atoms in total. The van der Waals surface area contributed by atoms with Gasteiger partial charge in [0, 0.05) is 12.7 Å². The number of nitrogens with one attached hydrogen (secondary N) is 3. The lowest BCUT2D eigenvalue weighted by Crippen LogP contribution is -2.19. The van der Waals surface area contributed by atoms with Gasteiger partial charge in [0.2, 0.25) is 5.91 Å². The molecule has 0 saturated heterocycles. The molecule has 1 aromatic carbocycles. The molecule has 0 radical (unpaired) electrons. The maximum Gasteiger partial charge on any atom is 0.272 e. The molecular formula is C14H13Cl2N3O2. The van der Waals surface area contributed by atoms with Crippen molar-refractivity contribution in [3.8, 4) is 0 Å². The van der Waals surface area contributed by atoms with Crippen LogP contribution in [0.3, 0.4) is 0 Å². The normalized spacial score (nSPS) is 10.2. The molecule has 0 aliphatic carbocycles. The minimum atomic E-state index is -0.345. The topological polar surface area (TPSA) is 74.0 Å². The molecule has 0 bridgehead atoms. The van der Waals surface area contributed by atoms with Crippen molar-refractivity contribution >= 4 is 40.7 Å². The zero-order valence-electron chi connectivity index (χ0n) is 11.2. The van der Waals surface area contributed by atoms with Crippen LogP contribution in [-0.4, -0.2) is 23.8 Å². The molecule has 0 spiro atoms. The Hall–Kier alpha value is -1.98. The molecular weight excluding hydrogens is 313 g/mol. The molecule has 0 unspecified atom stereocenters. The second-order valence-corrected chi connectivity index (χ2v) is 5.13. The number of likely N-dealkylation sites (N-methyl/N-ethyl adjacent to an activating group) is 1. The van der Waals surface area contributed by atoms with Gasteiger partial charge in [-0.15, -0.1) is 0 Å². The van der Waals surface area contributed by atoms with Crippen LogP contribution >= 0.6 is 23.2 Å². The van der Waals surface area contributed by atoms with E-state index in [-0.39, 0.29) is 22.7 Å². The summed E-state index contributed by atoms with van der Waals surface area (Å²) in [5.74, 6) is -0.412. The smallest absolute Gasteiger partial charge is 0.272 e. The van der Waals surface area contributed by atoms with Gasteiger partial charge in [-0.05, 0) is 23.8 Å². The molecule has 0 fully saturated rings. The summed E-state index contributed by atoms with van der Waals surface area (Å²) in [6.07, 6.45) is 0.298. The second kappa shape index (κ2) is 6.65. The van der Waals surface area contributed by atoms with E-state index in [0.717, 1.165) is 5.56 Å². The molecule has 1 aromatic heterocycles. The number of amides is 2. The average molecular weight is 326 g/mol. The van der Waals surface area contributed by atoms with Gasteiger partial charge < -0.3 is 15.6 Å². The second-order valence-electron chi connectivity index (χ2n) is 4.35.